The van der Waals surface area contributed by atoms with E-state index in [1.54, 1.807) is 10.4 Å². The van der Waals surface area contributed by atoms with Crippen LogP contribution >= 0.6 is 0 Å². The summed E-state index contributed by atoms with van der Waals surface area (Å²) >= 11 is 0. The largest absolute Gasteiger partial charge is 0.349 e. The van der Waals surface area contributed by atoms with Crippen LogP contribution in [-0.4, -0.2) is 67.5 Å². The topological polar surface area (TPSA) is 134 Å². The molecule has 3 aliphatic rings. The van der Waals surface area contributed by atoms with Crippen molar-refractivity contribution in [2.45, 2.75) is 76.5 Å². The third-order valence-corrected chi connectivity index (χ3v) is 8.90. The Labute approximate surface area is 195 Å². The first-order chi connectivity index (χ1) is 15.6. The van der Waals surface area contributed by atoms with Crippen molar-refractivity contribution in [3.63, 3.8) is 0 Å². The molecule has 10 heteroatoms. The van der Waals surface area contributed by atoms with E-state index >= 15 is 0 Å². The van der Waals surface area contributed by atoms with Gasteiger partial charge in [0.2, 0.25) is 15.9 Å². The molecule has 33 heavy (non-hydrogen) atoms. The number of benzene rings is 1. The summed E-state index contributed by atoms with van der Waals surface area (Å²) in [6, 6.07) is 3.89. The second-order valence-electron chi connectivity index (χ2n) is 9.80. The van der Waals surface area contributed by atoms with Crippen LogP contribution in [0.2, 0.25) is 0 Å². The highest BCUT2D eigenvalue weighted by molar-refractivity contribution is 7.89. The van der Waals surface area contributed by atoms with Gasteiger partial charge in [-0.1, -0.05) is 0 Å². The van der Waals surface area contributed by atoms with Crippen LogP contribution in [0, 0.1) is 6.92 Å². The SMILES string of the molecule is Cc1cc2c(cc1C(=O)N[C@@H]1C[C@H](CCS(=O)(=O)N3CCC(N)CC3)N[C@H](C)C1)CC(=O)N2. The van der Waals surface area contributed by atoms with E-state index in [2.05, 4.69) is 22.9 Å². The molecular weight excluding hydrogens is 442 g/mol. The lowest BCUT2D eigenvalue weighted by atomic mass is 9.92. The van der Waals surface area contributed by atoms with E-state index in [-0.39, 0.29) is 41.7 Å². The molecule has 0 aliphatic carbocycles. The quantitative estimate of drug-likeness (QED) is 0.480. The first kappa shape index (κ1) is 24.1. The van der Waals surface area contributed by atoms with E-state index in [1.807, 2.05) is 13.0 Å². The Balaban J connectivity index is 1.35. The van der Waals surface area contributed by atoms with Gasteiger partial charge in [0, 0.05) is 48.5 Å². The predicted octanol–water partition coefficient (Wildman–Crippen LogP) is 0.872. The van der Waals surface area contributed by atoms with Crippen molar-refractivity contribution in [3.05, 3.63) is 28.8 Å². The molecule has 182 valence electrons. The van der Waals surface area contributed by atoms with E-state index in [1.165, 1.54) is 0 Å². The molecule has 2 amide bonds. The average molecular weight is 478 g/mol. The van der Waals surface area contributed by atoms with Gasteiger partial charge in [-0.2, -0.15) is 0 Å². The summed E-state index contributed by atoms with van der Waals surface area (Å²) in [6.07, 6.45) is 3.67. The number of anilines is 1. The molecule has 4 rings (SSSR count). The van der Waals surface area contributed by atoms with Crippen molar-refractivity contribution < 1.29 is 18.0 Å². The molecule has 0 saturated carbocycles. The Kier molecular flexibility index (Phi) is 7.09. The molecule has 1 aromatic carbocycles. The maximum atomic E-state index is 13.0. The Morgan fingerprint density at radius 3 is 2.70 bits per heavy atom. The van der Waals surface area contributed by atoms with E-state index in [0.29, 0.717) is 50.8 Å². The molecule has 5 N–H and O–H groups in total. The minimum Gasteiger partial charge on any atom is -0.349 e. The minimum absolute atomic E-state index is 0.0174. The molecule has 1 aromatic rings. The number of aryl methyl sites for hydroxylation is 1. The van der Waals surface area contributed by atoms with Crippen molar-refractivity contribution >= 4 is 27.5 Å². The molecule has 0 radical (unpaired) electrons. The molecule has 0 unspecified atom stereocenters. The molecule has 0 bridgehead atoms. The molecule has 3 atom stereocenters. The first-order valence-electron chi connectivity index (χ1n) is 11.8. The number of sulfonamides is 1. The second-order valence-corrected chi connectivity index (χ2v) is 11.9. The first-order valence-corrected chi connectivity index (χ1v) is 13.5. The van der Waals surface area contributed by atoms with Crippen LogP contribution in [0.5, 0.6) is 0 Å². The van der Waals surface area contributed by atoms with Gasteiger partial charge in [0.1, 0.15) is 0 Å². The molecule has 0 aromatic heterocycles. The van der Waals surface area contributed by atoms with Crippen molar-refractivity contribution in [2.24, 2.45) is 5.73 Å². The Morgan fingerprint density at radius 1 is 1.24 bits per heavy atom. The van der Waals surface area contributed by atoms with Crippen LogP contribution in [-0.2, 0) is 21.2 Å². The lowest BCUT2D eigenvalue weighted by Crippen LogP contribution is -2.52. The molecule has 3 aliphatic heterocycles. The molecular formula is C23H35N5O4S. The zero-order valence-corrected chi connectivity index (χ0v) is 20.2. The number of nitrogens with zero attached hydrogens (tertiary/aromatic N) is 1. The molecule has 3 heterocycles. The molecule has 9 nitrogen and oxygen atoms in total. The number of hydrogen-bond donors (Lipinski definition) is 4. The summed E-state index contributed by atoms with van der Waals surface area (Å²) in [4.78, 5) is 24.7. The number of fused-ring (bicyclic) bond motifs is 1. The van der Waals surface area contributed by atoms with Crippen molar-refractivity contribution in [1.29, 1.82) is 0 Å². The van der Waals surface area contributed by atoms with E-state index in [9.17, 15) is 18.0 Å². The van der Waals surface area contributed by atoms with Gasteiger partial charge in [0.05, 0.1) is 12.2 Å². The lowest BCUT2D eigenvalue weighted by Gasteiger charge is -2.36. The highest BCUT2D eigenvalue weighted by atomic mass is 32.2. The van der Waals surface area contributed by atoms with E-state index < -0.39 is 10.0 Å². The Hall–Kier alpha value is -2.01. The third kappa shape index (κ3) is 5.74. The van der Waals surface area contributed by atoms with Gasteiger partial charge in [-0.05, 0) is 69.2 Å². The number of nitrogens with one attached hydrogen (secondary N) is 3. The van der Waals surface area contributed by atoms with Gasteiger partial charge in [0.15, 0.2) is 0 Å². The zero-order chi connectivity index (χ0) is 23.8. The van der Waals surface area contributed by atoms with Gasteiger partial charge in [-0.15, -0.1) is 0 Å². The second kappa shape index (κ2) is 9.69. The van der Waals surface area contributed by atoms with Crippen molar-refractivity contribution in [3.8, 4) is 0 Å². The van der Waals surface area contributed by atoms with Crippen LogP contribution < -0.4 is 21.7 Å². The summed E-state index contributed by atoms with van der Waals surface area (Å²) in [6.45, 7) is 4.92. The number of hydrogen-bond acceptors (Lipinski definition) is 6. The molecule has 2 fully saturated rings. The highest BCUT2D eigenvalue weighted by Crippen LogP contribution is 2.27. The van der Waals surface area contributed by atoms with Crippen LogP contribution in [0.25, 0.3) is 0 Å². The maximum Gasteiger partial charge on any atom is 0.251 e. The van der Waals surface area contributed by atoms with Gasteiger partial charge < -0.3 is 21.7 Å². The summed E-state index contributed by atoms with van der Waals surface area (Å²) in [7, 11) is -3.31. The molecule has 0 spiro atoms. The van der Waals surface area contributed by atoms with E-state index in [0.717, 1.165) is 23.2 Å². The maximum absolute atomic E-state index is 13.0. The Morgan fingerprint density at radius 2 is 1.97 bits per heavy atom. The number of amides is 2. The van der Waals surface area contributed by atoms with Gasteiger partial charge in [-0.25, -0.2) is 12.7 Å². The summed E-state index contributed by atoms with van der Waals surface area (Å²) in [5, 5.41) is 9.45. The van der Waals surface area contributed by atoms with Crippen LogP contribution in [0.15, 0.2) is 12.1 Å². The standard InChI is InChI=1S/C23H35N5O4S/c1-14-9-21-16(12-22(29)27-21)11-20(14)23(30)26-19-10-15(2)25-18(13-19)5-8-33(31,32)28-6-3-17(24)4-7-28/h9,11,15,17-19,25H,3-8,10,12-13,24H2,1-2H3,(H,26,30)(H,27,29)/t15-,18+,19+/m1/s1. The number of carbonyl (C=O) groups is 2. The molecule has 2 saturated heterocycles. The van der Waals surface area contributed by atoms with Crippen molar-refractivity contribution in [1.82, 2.24) is 14.9 Å². The number of nitrogens with two attached hydrogens (primary N) is 1. The minimum atomic E-state index is -3.31. The van der Waals surface area contributed by atoms with Crippen LogP contribution in [0.4, 0.5) is 5.69 Å². The fourth-order valence-corrected chi connectivity index (χ4v) is 6.80. The third-order valence-electron chi connectivity index (χ3n) is 7.00. The summed E-state index contributed by atoms with van der Waals surface area (Å²) < 4.78 is 27.1. The number of rotatable bonds is 6. The Bertz CT molecular complexity index is 1020. The van der Waals surface area contributed by atoms with Crippen LogP contribution in [0.3, 0.4) is 0 Å². The van der Waals surface area contributed by atoms with E-state index in [4.69, 9.17) is 5.73 Å². The monoisotopic (exact) mass is 477 g/mol. The fraction of sp³-hybridized carbons (Fsp3) is 0.652. The highest BCUT2D eigenvalue weighted by Gasteiger charge is 2.31. The lowest BCUT2D eigenvalue weighted by molar-refractivity contribution is -0.115. The smallest absolute Gasteiger partial charge is 0.251 e. The summed E-state index contributed by atoms with van der Waals surface area (Å²) in [5.74, 6) is -0.109. The van der Waals surface area contributed by atoms with Gasteiger partial charge >= 0.3 is 0 Å². The van der Waals surface area contributed by atoms with Gasteiger partial charge in [0.25, 0.3) is 5.91 Å². The summed E-state index contributed by atoms with van der Waals surface area (Å²) in [5.41, 5.74) is 8.93. The zero-order valence-electron chi connectivity index (χ0n) is 19.4. The normalized spacial score (nSPS) is 26.6. The fourth-order valence-electron chi connectivity index (χ4n) is 5.19. The number of piperidine rings is 2. The van der Waals surface area contributed by atoms with Crippen molar-refractivity contribution in [2.75, 3.05) is 24.2 Å². The van der Waals surface area contributed by atoms with Crippen LogP contribution in [0.1, 0.15) is 60.5 Å². The average Bonchev–Trinajstić information content (AvgIpc) is 3.10. The van der Waals surface area contributed by atoms with Gasteiger partial charge in [-0.3, -0.25) is 9.59 Å². The number of carbonyl (C=O) groups excluding carboxylic acids is 2. The predicted molar refractivity (Wildman–Crippen MR) is 128 cm³/mol.